The summed E-state index contributed by atoms with van der Waals surface area (Å²) in [6.45, 7) is 7.28. The molecule has 1 heterocycles. The van der Waals surface area contributed by atoms with E-state index in [1.54, 1.807) is 24.1 Å². The quantitative estimate of drug-likeness (QED) is 0.776. The number of carbonyl (C=O) groups excluding carboxylic acids is 2. The first-order chi connectivity index (χ1) is 13.3. The molecule has 8 nitrogen and oxygen atoms in total. The van der Waals surface area contributed by atoms with Crippen molar-refractivity contribution < 1.29 is 22.7 Å². The van der Waals surface area contributed by atoms with Gasteiger partial charge in [0.1, 0.15) is 5.60 Å². The second-order valence-corrected chi connectivity index (χ2v) is 10.1. The molecule has 0 aromatic heterocycles. The van der Waals surface area contributed by atoms with Gasteiger partial charge >= 0.3 is 6.09 Å². The molecule has 2 amide bonds. The maximum Gasteiger partial charge on any atom is 0.410 e. The summed E-state index contributed by atoms with van der Waals surface area (Å²) in [5.74, 6) is 0.174. The van der Waals surface area contributed by atoms with Crippen LogP contribution in [0.3, 0.4) is 0 Å². The largest absolute Gasteiger partial charge is 0.444 e. The number of nitrogens with zero attached hydrogens (tertiary/aromatic N) is 2. The molecule has 29 heavy (non-hydrogen) atoms. The lowest BCUT2D eigenvalue weighted by Crippen LogP contribution is -2.45. The monoisotopic (exact) mass is 425 g/mol. The number of hydrogen-bond acceptors (Lipinski definition) is 5. The van der Waals surface area contributed by atoms with Crippen molar-refractivity contribution in [3.8, 4) is 0 Å². The van der Waals surface area contributed by atoms with Crippen molar-refractivity contribution in [3.63, 3.8) is 0 Å². The van der Waals surface area contributed by atoms with E-state index >= 15 is 0 Å². The van der Waals surface area contributed by atoms with Crippen LogP contribution in [0.15, 0.2) is 29.2 Å². The number of primary sulfonamides is 1. The summed E-state index contributed by atoms with van der Waals surface area (Å²) in [5, 5.41) is 5.10. The maximum atomic E-state index is 12.7. The third kappa shape index (κ3) is 7.32. The van der Waals surface area contributed by atoms with Crippen LogP contribution < -0.4 is 5.14 Å². The van der Waals surface area contributed by atoms with Crippen LogP contribution in [0.5, 0.6) is 0 Å². The van der Waals surface area contributed by atoms with E-state index in [0.29, 0.717) is 19.6 Å². The molecular weight excluding hydrogens is 394 g/mol. The predicted octanol–water partition coefficient (Wildman–Crippen LogP) is 1.98. The molecule has 1 aliphatic rings. The highest BCUT2D eigenvalue weighted by Gasteiger charge is 2.27. The van der Waals surface area contributed by atoms with Gasteiger partial charge in [-0.25, -0.2) is 18.4 Å². The van der Waals surface area contributed by atoms with Gasteiger partial charge < -0.3 is 14.5 Å². The van der Waals surface area contributed by atoms with Gasteiger partial charge in [-0.1, -0.05) is 12.1 Å². The molecule has 162 valence electrons. The zero-order chi connectivity index (χ0) is 21.8. The molecule has 1 aromatic carbocycles. The number of piperidine rings is 1. The molecule has 9 heteroatoms. The average molecular weight is 426 g/mol. The Labute approximate surface area is 173 Å². The molecule has 1 aliphatic heterocycles. The van der Waals surface area contributed by atoms with Crippen molar-refractivity contribution in [2.45, 2.75) is 50.5 Å². The number of carbonyl (C=O) groups is 2. The zero-order valence-corrected chi connectivity index (χ0v) is 18.4. The minimum absolute atomic E-state index is 0.0158. The van der Waals surface area contributed by atoms with E-state index in [9.17, 15) is 18.0 Å². The molecule has 2 N–H and O–H groups in total. The van der Waals surface area contributed by atoms with Crippen LogP contribution >= 0.6 is 0 Å². The third-order valence-corrected chi connectivity index (χ3v) is 5.65. The number of ether oxygens (including phenoxy) is 1. The van der Waals surface area contributed by atoms with E-state index < -0.39 is 15.6 Å². The summed E-state index contributed by atoms with van der Waals surface area (Å²) in [6, 6.07) is 6.03. The van der Waals surface area contributed by atoms with Crippen molar-refractivity contribution in [1.29, 1.82) is 0 Å². The number of nitrogens with two attached hydrogens (primary N) is 1. The summed E-state index contributed by atoms with van der Waals surface area (Å²) in [6.07, 6.45) is 1.65. The fourth-order valence-corrected chi connectivity index (χ4v) is 3.84. The lowest BCUT2D eigenvalue weighted by Gasteiger charge is -2.35. The normalized spacial score (nSPS) is 17.7. The molecule has 0 saturated carbocycles. The first-order valence-corrected chi connectivity index (χ1v) is 11.2. The number of amides is 2. The number of hydrogen-bond donors (Lipinski definition) is 1. The highest BCUT2D eigenvalue weighted by atomic mass is 32.2. The van der Waals surface area contributed by atoms with Crippen molar-refractivity contribution in [2.24, 2.45) is 11.1 Å². The molecule has 1 aromatic rings. The van der Waals surface area contributed by atoms with Gasteiger partial charge in [0.25, 0.3) is 0 Å². The Morgan fingerprint density at radius 3 is 2.41 bits per heavy atom. The van der Waals surface area contributed by atoms with E-state index in [1.165, 1.54) is 12.1 Å². The van der Waals surface area contributed by atoms with Crippen molar-refractivity contribution in [3.05, 3.63) is 29.8 Å². The van der Waals surface area contributed by atoms with Gasteiger partial charge in [-0.3, -0.25) is 4.79 Å². The number of sulfonamides is 1. The Bertz CT molecular complexity index is 831. The van der Waals surface area contributed by atoms with Crippen LogP contribution in [-0.4, -0.2) is 62.5 Å². The third-order valence-electron chi connectivity index (χ3n) is 4.72. The first kappa shape index (κ1) is 23.2. The van der Waals surface area contributed by atoms with E-state index in [2.05, 4.69) is 0 Å². The van der Waals surface area contributed by atoms with E-state index in [4.69, 9.17) is 9.88 Å². The Morgan fingerprint density at radius 1 is 1.24 bits per heavy atom. The second kappa shape index (κ2) is 9.13. The van der Waals surface area contributed by atoms with Crippen molar-refractivity contribution >= 4 is 22.0 Å². The van der Waals surface area contributed by atoms with Crippen LogP contribution in [-0.2, 0) is 26.0 Å². The van der Waals surface area contributed by atoms with Gasteiger partial charge in [-0.15, -0.1) is 0 Å². The molecule has 0 spiro atoms. The lowest BCUT2D eigenvalue weighted by molar-refractivity contribution is -0.132. The Kier molecular flexibility index (Phi) is 7.29. The van der Waals surface area contributed by atoms with Gasteiger partial charge in [-0.05, 0) is 57.2 Å². The van der Waals surface area contributed by atoms with Gasteiger partial charge in [0.15, 0.2) is 0 Å². The minimum atomic E-state index is -3.74. The van der Waals surface area contributed by atoms with Crippen LogP contribution in [0.4, 0.5) is 4.79 Å². The summed E-state index contributed by atoms with van der Waals surface area (Å²) < 4.78 is 28.0. The number of likely N-dealkylation sites (tertiary alicyclic amines) is 1. The Morgan fingerprint density at radius 2 is 1.86 bits per heavy atom. The Hall–Kier alpha value is -2.13. The standard InChI is InChI=1S/C20H31N3O5S/c1-20(2,3)28-19(25)22(4)13-16-6-5-11-23(14-16)18(24)12-15-7-9-17(10-8-15)29(21,26)27/h7-10,16H,5-6,11-14H2,1-4H3,(H2,21,26,27). The smallest absolute Gasteiger partial charge is 0.410 e. The fraction of sp³-hybridized carbons (Fsp3) is 0.600. The molecule has 0 radical (unpaired) electrons. The number of benzene rings is 1. The molecule has 1 saturated heterocycles. The molecule has 0 aliphatic carbocycles. The SMILES string of the molecule is CN(CC1CCCN(C(=O)Cc2ccc(S(N)(=O)=O)cc2)C1)C(=O)OC(C)(C)C. The topological polar surface area (TPSA) is 110 Å². The predicted molar refractivity (Wildman–Crippen MR) is 110 cm³/mol. The maximum absolute atomic E-state index is 12.7. The van der Waals surface area contributed by atoms with Crippen LogP contribution in [0.2, 0.25) is 0 Å². The zero-order valence-electron chi connectivity index (χ0n) is 17.6. The highest BCUT2D eigenvalue weighted by Crippen LogP contribution is 2.20. The second-order valence-electron chi connectivity index (χ2n) is 8.57. The van der Waals surface area contributed by atoms with Crippen LogP contribution in [0, 0.1) is 5.92 Å². The van der Waals surface area contributed by atoms with Gasteiger partial charge in [-0.2, -0.15) is 0 Å². The van der Waals surface area contributed by atoms with E-state index in [-0.39, 0.29) is 29.2 Å². The average Bonchev–Trinajstić information content (AvgIpc) is 2.60. The van der Waals surface area contributed by atoms with Crippen molar-refractivity contribution in [2.75, 3.05) is 26.7 Å². The van der Waals surface area contributed by atoms with Gasteiger partial charge in [0.2, 0.25) is 15.9 Å². The first-order valence-electron chi connectivity index (χ1n) is 9.69. The molecule has 1 atom stereocenters. The summed E-state index contributed by atoms with van der Waals surface area (Å²) in [7, 11) is -2.03. The van der Waals surface area contributed by atoms with E-state index in [1.807, 2.05) is 25.7 Å². The molecular formula is C20H31N3O5S. The van der Waals surface area contributed by atoms with Gasteiger partial charge in [0, 0.05) is 26.7 Å². The summed E-state index contributed by atoms with van der Waals surface area (Å²) >= 11 is 0. The van der Waals surface area contributed by atoms with Crippen LogP contribution in [0.1, 0.15) is 39.2 Å². The van der Waals surface area contributed by atoms with E-state index in [0.717, 1.165) is 18.4 Å². The van der Waals surface area contributed by atoms with Crippen LogP contribution in [0.25, 0.3) is 0 Å². The lowest BCUT2D eigenvalue weighted by atomic mass is 9.97. The molecule has 0 bridgehead atoms. The fourth-order valence-electron chi connectivity index (χ4n) is 3.33. The molecule has 2 rings (SSSR count). The Balaban J connectivity index is 1.91. The number of rotatable bonds is 5. The molecule has 1 unspecified atom stereocenters. The van der Waals surface area contributed by atoms with Gasteiger partial charge in [0.05, 0.1) is 11.3 Å². The highest BCUT2D eigenvalue weighted by molar-refractivity contribution is 7.89. The van der Waals surface area contributed by atoms with Crippen molar-refractivity contribution in [1.82, 2.24) is 9.80 Å². The minimum Gasteiger partial charge on any atom is -0.444 e. The summed E-state index contributed by atoms with van der Waals surface area (Å²) in [4.78, 5) is 28.2. The summed E-state index contributed by atoms with van der Waals surface area (Å²) in [5.41, 5.74) is 0.189. The molecule has 1 fully saturated rings.